The minimum absolute atomic E-state index is 0.252. The summed E-state index contributed by atoms with van der Waals surface area (Å²) in [6.45, 7) is 2.01. The average Bonchev–Trinajstić information content (AvgIpc) is 3.42. The molecular formula is C31H35F2N7. The van der Waals surface area contributed by atoms with Crippen molar-refractivity contribution in [2.24, 2.45) is 7.05 Å². The number of aryl methyl sites for hydroxylation is 1. The van der Waals surface area contributed by atoms with Gasteiger partial charge in [0, 0.05) is 55.7 Å². The van der Waals surface area contributed by atoms with Crippen molar-refractivity contribution in [3.63, 3.8) is 0 Å². The van der Waals surface area contributed by atoms with Gasteiger partial charge in [-0.1, -0.05) is 18.9 Å². The van der Waals surface area contributed by atoms with Crippen molar-refractivity contribution in [2.75, 3.05) is 23.3 Å². The molecule has 9 heteroatoms. The van der Waals surface area contributed by atoms with Crippen molar-refractivity contribution >= 4 is 11.5 Å². The summed E-state index contributed by atoms with van der Waals surface area (Å²) in [7, 11) is 1.88. The van der Waals surface area contributed by atoms with Gasteiger partial charge in [-0.15, -0.1) is 0 Å². The molecule has 2 aliphatic rings. The highest BCUT2D eigenvalue weighted by Gasteiger charge is 2.29. The zero-order valence-corrected chi connectivity index (χ0v) is 22.7. The van der Waals surface area contributed by atoms with Crippen molar-refractivity contribution in [1.29, 1.82) is 0 Å². The number of nitrogens with zero attached hydrogens (tertiary/aromatic N) is 5. The molecule has 4 aromatic rings. The summed E-state index contributed by atoms with van der Waals surface area (Å²) in [4.78, 5) is 11.4. The minimum Gasteiger partial charge on any atom is -0.370 e. The Morgan fingerprint density at radius 3 is 2.35 bits per heavy atom. The Balaban J connectivity index is 1.10. The maximum atomic E-state index is 13.8. The second-order valence-electron chi connectivity index (χ2n) is 10.9. The first-order chi connectivity index (χ1) is 19.5. The van der Waals surface area contributed by atoms with E-state index < -0.39 is 11.6 Å². The first kappa shape index (κ1) is 26.4. The summed E-state index contributed by atoms with van der Waals surface area (Å²) in [6.07, 6.45) is 10.3. The molecule has 2 N–H and O–H groups in total. The number of pyridine rings is 1. The monoisotopic (exact) mass is 543 g/mol. The maximum Gasteiger partial charge on any atom is 0.181 e. The molecule has 0 spiro atoms. The molecule has 208 valence electrons. The molecule has 3 heterocycles. The van der Waals surface area contributed by atoms with E-state index in [4.69, 9.17) is 0 Å². The first-order valence-electron chi connectivity index (χ1n) is 14.2. The second-order valence-corrected chi connectivity index (χ2v) is 10.9. The van der Waals surface area contributed by atoms with Crippen LogP contribution in [-0.4, -0.2) is 51.0 Å². The highest BCUT2D eigenvalue weighted by molar-refractivity contribution is 5.66. The summed E-state index contributed by atoms with van der Waals surface area (Å²) in [5, 5.41) is 12.0. The van der Waals surface area contributed by atoms with Crippen LogP contribution in [0, 0.1) is 11.6 Å². The number of hydrogen-bond acceptors (Lipinski definition) is 6. The van der Waals surface area contributed by atoms with Gasteiger partial charge in [0.05, 0.1) is 0 Å². The molecule has 6 rings (SSSR count). The molecule has 2 aromatic carbocycles. The highest BCUT2D eigenvalue weighted by atomic mass is 19.2. The van der Waals surface area contributed by atoms with E-state index in [-0.39, 0.29) is 6.04 Å². The van der Waals surface area contributed by atoms with Crippen molar-refractivity contribution in [3.8, 4) is 22.5 Å². The summed E-state index contributed by atoms with van der Waals surface area (Å²) in [6, 6.07) is 17.3. The van der Waals surface area contributed by atoms with E-state index in [1.54, 1.807) is 23.3 Å². The molecular weight excluding hydrogens is 508 g/mol. The molecule has 7 nitrogen and oxygen atoms in total. The Morgan fingerprint density at radius 2 is 1.57 bits per heavy atom. The predicted octanol–water partition coefficient (Wildman–Crippen LogP) is 5.80. The van der Waals surface area contributed by atoms with Crippen LogP contribution >= 0.6 is 0 Å². The summed E-state index contributed by atoms with van der Waals surface area (Å²) < 4.78 is 29.0. The molecule has 1 saturated carbocycles. The zero-order chi connectivity index (χ0) is 27.5. The highest BCUT2D eigenvalue weighted by Crippen LogP contribution is 2.28. The Morgan fingerprint density at radius 1 is 0.800 bits per heavy atom. The lowest BCUT2D eigenvalue weighted by Crippen LogP contribution is -2.54. The van der Waals surface area contributed by atoms with E-state index in [0.717, 1.165) is 61.5 Å². The van der Waals surface area contributed by atoms with E-state index in [1.165, 1.54) is 30.7 Å². The molecule has 40 heavy (non-hydrogen) atoms. The quantitative estimate of drug-likeness (QED) is 0.307. The van der Waals surface area contributed by atoms with Crippen molar-refractivity contribution in [1.82, 2.24) is 25.1 Å². The standard InChI is InChI=1S/C31H35F2N7/c1-39-20-35-31(38-39)21-8-11-25(12-9-21)40-16-4-5-24(19-40)36-28-6-2-3-7-29(28)37-30-18-23(14-15-34-30)22-10-13-26(32)27(33)17-22/h8-15,17-18,20,24,28-29,36H,2-7,16,19H2,1H3,(H,34,37). The lowest BCUT2D eigenvalue weighted by atomic mass is 9.89. The van der Waals surface area contributed by atoms with E-state index in [0.29, 0.717) is 17.6 Å². The van der Waals surface area contributed by atoms with Gasteiger partial charge >= 0.3 is 0 Å². The van der Waals surface area contributed by atoms with Gasteiger partial charge in [-0.25, -0.2) is 18.7 Å². The Hall–Kier alpha value is -3.85. The number of hydrogen-bond donors (Lipinski definition) is 2. The van der Waals surface area contributed by atoms with Crippen molar-refractivity contribution < 1.29 is 8.78 Å². The molecule has 2 aromatic heterocycles. The van der Waals surface area contributed by atoms with Gasteiger partial charge in [0.1, 0.15) is 12.1 Å². The van der Waals surface area contributed by atoms with E-state index >= 15 is 0 Å². The second kappa shape index (κ2) is 11.7. The van der Waals surface area contributed by atoms with Crippen LogP contribution in [0.1, 0.15) is 38.5 Å². The minimum atomic E-state index is -0.844. The number of anilines is 2. The fourth-order valence-electron chi connectivity index (χ4n) is 6.00. The van der Waals surface area contributed by atoms with Crippen LogP contribution in [0.3, 0.4) is 0 Å². The third-order valence-electron chi connectivity index (χ3n) is 8.07. The molecule has 1 saturated heterocycles. The summed E-state index contributed by atoms with van der Waals surface area (Å²) >= 11 is 0. The zero-order valence-electron chi connectivity index (χ0n) is 22.7. The smallest absolute Gasteiger partial charge is 0.181 e. The number of aromatic nitrogens is 4. The third-order valence-corrected chi connectivity index (χ3v) is 8.07. The average molecular weight is 544 g/mol. The number of halogens is 2. The lowest BCUT2D eigenvalue weighted by molar-refractivity contribution is 0.293. The van der Waals surface area contributed by atoms with Gasteiger partial charge in [0.25, 0.3) is 0 Å². The Labute approximate surface area is 233 Å². The van der Waals surface area contributed by atoms with E-state index in [9.17, 15) is 8.78 Å². The number of piperidine rings is 1. The molecule has 0 bridgehead atoms. The van der Waals surface area contributed by atoms with Crippen molar-refractivity contribution in [2.45, 2.75) is 56.7 Å². The topological polar surface area (TPSA) is 70.9 Å². The molecule has 0 amide bonds. The molecule has 2 fully saturated rings. The van der Waals surface area contributed by atoms with Crippen LogP contribution in [0.25, 0.3) is 22.5 Å². The Bertz CT molecular complexity index is 1440. The first-order valence-corrected chi connectivity index (χ1v) is 14.2. The SMILES string of the molecule is Cn1cnc(-c2ccc(N3CCCC(NC4CCCCC4Nc4cc(-c5ccc(F)c(F)c5)ccn4)C3)cc2)n1. The van der Waals surface area contributed by atoms with Crippen LogP contribution in [0.4, 0.5) is 20.3 Å². The van der Waals surface area contributed by atoms with Gasteiger partial charge in [0.15, 0.2) is 17.5 Å². The van der Waals surface area contributed by atoms with Gasteiger partial charge in [-0.3, -0.25) is 4.68 Å². The third kappa shape index (κ3) is 5.99. The molecule has 1 aliphatic carbocycles. The van der Waals surface area contributed by atoms with E-state index in [2.05, 4.69) is 54.9 Å². The summed E-state index contributed by atoms with van der Waals surface area (Å²) in [5.74, 6) is -0.183. The van der Waals surface area contributed by atoms with Crippen molar-refractivity contribution in [3.05, 3.63) is 78.8 Å². The van der Waals surface area contributed by atoms with Crippen LogP contribution in [-0.2, 0) is 7.05 Å². The van der Waals surface area contributed by atoms with Gasteiger partial charge in [-0.2, -0.15) is 5.10 Å². The van der Waals surface area contributed by atoms with Crippen LogP contribution in [0.15, 0.2) is 67.1 Å². The fraction of sp³-hybridized carbons (Fsp3) is 0.387. The molecule has 3 unspecified atom stereocenters. The van der Waals surface area contributed by atoms with Crippen LogP contribution in [0.2, 0.25) is 0 Å². The van der Waals surface area contributed by atoms with Gasteiger partial charge in [-0.05, 0) is 85.3 Å². The van der Waals surface area contributed by atoms with Crippen LogP contribution in [0.5, 0.6) is 0 Å². The van der Waals surface area contributed by atoms with E-state index in [1.807, 2.05) is 19.2 Å². The molecule has 3 atom stereocenters. The lowest BCUT2D eigenvalue weighted by Gasteiger charge is -2.40. The fourth-order valence-corrected chi connectivity index (χ4v) is 6.00. The maximum absolute atomic E-state index is 13.8. The predicted molar refractivity (Wildman–Crippen MR) is 154 cm³/mol. The normalized spacial score (nSPS) is 21.4. The summed E-state index contributed by atoms with van der Waals surface area (Å²) in [5.41, 5.74) is 3.69. The van der Waals surface area contributed by atoms with Gasteiger partial charge < -0.3 is 15.5 Å². The molecule has 1 aliphatic heterocycles. The van der Waals surface area contributed by atoms with Gasteiger partial charge in [0.2, 0.25) is 0 Å². The number of rotatable bonds is 7. The largest absolute Gasteiger partial charge is 0.370 e. The molecule has 0 radical (unpaired) electrons. The van der Waals surface area contributed by atoms with Crippen LogP contribution < -0.4 is 15.5 Å². The number of nitrogens with one attached hydrogen (secondary N) is 2. The number of benzene rings is 2. The Kier molecular flexibility index (Phi) is 7.73.